The molecule has 0 aliphatic rings. The average Bonchev–Trinajstić information content (AvgIpc) is 2.73. The topological polar surface area (TPSA) is 84.5 Å². The van der Waals surface area contributed by atoms with Gasteiger partial charge in [-0.25, -0.2) is 8.42 Å². The van der Waals surface area contributed by atoms with Crippen LogP contribution >= 0.6 is 0 Å². The zero-order valence-electron chi connectivity index (χ0n) is 18.0. The predicted molar refractivity (Wildman–Crippen MR) is 122 cm³/mol. The highest BCUT2D eigenvalue weighted by atomic mass is 32.2. The third-order valence-electron chi connectivity index (χ3n) is 5.00. The monoisotopic (exact) mass is 438 g/mol. The van der Waals surface area contributed by atoms with Crippen LogP contribution in [0.15, 0.2) is 71.6 Å². The molecule has 162 valence electrons. The van der Waals surface area contributed by atoms with Gasteiger partial charge in [-0.15, -0.1) is 0 Å². The van der Waals surface area contributed by atoms with Crippen molar-refractivity contribution in [2.45, 2.75) is 31.7 Å². The Balaban J connectivity index is 1.89. The first-order chi connectivity index (χ1) is 14.7. The van der Waals surface area contributed by atoms with Crippen molar-refractivity contribution in [2.75, 3.05) is 11.8 Å². The second-order valence-electron chi connectivity index (χ2n) is 7.35. The van der Waals surface area contributed by atoms with Crippen molar-refractivity contribution in [1.29, 1.82) is 0 Å². The smallest absolute Gasteiger partial charge is 0.262 e. The van der Waals surface area contributed by atoms with E-state index >= 15 is 0 Å². The van der Waals surface area contributed by atoms with Crippen LogP contribution in [-0.2, 0) is 10.0 Å². The fourth-order valence-corrected chi connectivity index (χ4v) is 5.05. The molecule has 31 heavy (non-hydrogen) atoms. The molecule has 0 heterocycles. The summed E-state index contributed by atoms with van der Waals surface area (Å²) in [6, 6.07) is 19.2. The number of hydrogen-bond acceptors (Lipinski definition) is 4. The summed E-state index contributed by atoms with van der Waals surface area (Å²) >= 11 is 0. The lowest BCUT2D eigenvalue weighted by Gasteiger charge is -2.18. The van der Waals surface area contributed by atoms with Crippen LogP contribution in [0.4, 0.5) is 5.69 Å². The fourth-order valence-electron chi connectivity index (χ4n) is 3.52. The van der Waals surface area contributed by atoms with Crippen molar-refractivity contribution in [3.63, 3.8) is 0 Å². The van der Waals surface area contributed by atoms with Gasteiger partial charge in [-0.3, -0.25) is 9.52 Å². The summed E-state index contributed by atoms with van der Waals surface area (Å²) in [6.45, 7) is 5.30. The quantitative estimate of drug-likeness (QED) is 0.564. The van der Waals surface area contributed by atoms with E-state index in [1.807, 2.05) is 37.3 Å². The van der Waals surface area contributed by atoms with Gasteiger partial charge in [0, 0.05) is 0 Å². The fraction of sp³-hybridized carbons (Fsp3) is 0.208. The number of carbonyl (C=O) groups excluding carboxylic acids is 1. The molecule has 2 N–H and O–H groups in total. The SMILES string of the molecule is COc1cc(C)c(S(=O)(=O)Nc2ccccc2C(=O)N[C@@H](C)c2ccccc2)c(C)c1. The molecule has 1 atom stereocenters. The molecule has 0 bridgehead atoms. The highest BCUT2D eigenvalue weighted by Gasteiger charge is 2.23. The normalized spacial score (nSPS) is 12.1. The molecule has 0 aliphatic heterocycles. The number of sulfonamides is 1. The first kappa shape index (κ1) is 22.4. The Morgan fingerprint density at radius 3 is 2.13 bits per heavy atom. The minimum atomic E-state index is -3.92. The molecule has 0 saturated heterocycles. The number of anilines is 1. The maximum absolute atomic E-state index is 13.2. The van der Waals surface area contributed by atoms with Crippen LogP contribution in [0.2, 0.25) is 0 Å². The van der Waals surface area contributed by atoms with E-state index in [0.717, 1.165) is 5.56 Å². The van der Waals surface area contributed by atoms with Crippen molar-refractivity contribution >= 4 is 21.6 Å². The predicted octanol–water partition coefficient (Wildman–Crippen LogP) is 4.60. The second-order valence-corrected chi connectivity index (χ2v) is 8.97. The molecule has 0 fully saturated rings. The Labute approximate surface area is 183 Å². The minimum absolute atomic E-state index is 0.168. The number of carbonyl (C=O) groups is 1. The van der Waals surface area contributed by atoms with E-state index in [2.05, 4.69) is 10.0 Å². The number of amides is 1. The summed E-state index contributed by atoms with van der Waals surface area (Å²) in [4.78, 5) is 13.1. The van der Waals surface area contributed by atoms with Gasteiger partial charge in [0.05, 0.1) is 29.3 Å². The van der Waals surface area contributed by atoms with Gasteiger partial charge >= 0.3 is 0 Å². The highest BCUT2D eigenvalue weighted by Crippen LogP contribution is 2.28. The molecule has 3 aromatic carbocycles. The van der Waals surface area contributed by atoms with Crippen molar-refractivity contribution in [3.05, 3.63) is 89.0 Å². The van der Waals surface area contributed by atoms with Crippen LogP contribution in [0.5, 0.6) is 5.75 Å². The molecule has 0 aliphatic carbocycles. The lowest BCUT2D eigenvalue weighted by Crippen LogP contribution is -2.28. The van der Waals surface area contributed by atoms with E-state index in [1.165, 1.54) is 7.11 Å². The minimum Gasteiger partial charge on any atom is -0.497 e. The van der Waals surface area contributed by atoms with Crippen LogP contribution in [0.25, 0.3) is 0 Å². The van der Waals surface area contributed by atoms with E-state index in [0.29, 0.717) is 16.9 Å². The maximum atomic E-state index is 13.2. The summed E-state index contributed by atoms with van der Waals surface area (Å²) in [5, 5.41) is 2.93. The van der Waals surface area contributed by atoms with Gasteiger partial charge in [0.1, 0.15) is 5.75 Å². The van der Waals surface area contributed by atoms with Crippen LogP contribution in [-0.4, -0.2) is 21.4 Å². The van der Waals surface area contributed by atoms with Gasteiger partial charge < -0.3 is 10.1 Å². The maximum Gasteiger partial charge on any atom is 0.262 e. The number of hydrogen-bond donors (Lipinski definition) is 2. The number of methoxy groups -OCH3 is 1. The summed E-state index contributed by atoms with van der Waals surface area (Å²) in [5.74, 6) is 0.224. The molecule has 0 unspecified atom stereocenters. The second kappa shape index (κ2) is 9.22. The Bertz CT molecular complexity index is 1170. The number of ether oxygens (including phenoxy) is 1. The van der Waals surface area contributed by atoms with Gasteiger partial charge in [-0.1, -0.05) is 42.5 Å². The zero-order chi connectivity index (χ0) is 22.6. The highest BCUT2D eigenvalue weighted by molar-refractivity contribution is 7.92. The van der Waals surface area contributed by atoms with Gasteiger partial charge in [0.2, 0.25) is 0 Å². The van der Waals surface area contributed by atoms with E-state index in [-0.39, 0.29) is 28.1 Å². The van der Waals surface area contributed by atoms with Gasteiger partial charge in [-0.05, 0) is 61.7 Å². The first-order valence-corrected chi connectivity index (χ1v) is 11.3. The largest absolute Gasteiger partial charge is 0.497 e. The molecule has 0 spiro atoms. The van der Waals surface area contributed by atoms with Crippen molar-refractivity contribution in [1.82, 2.24) is 5.32 Å². The van der Waals surface area contributed by atoms with Crippen LogP contribution in [0.1, 0.15) is 40.0 Å². The molecule has 0 aromatic heterocycles. The van der Waals surface area contributed by atoms with Crippen molar-refractivity contribution in [2.24, 2.45) is 0 Å². The molecular weight excluding hydrogens is 412 g/mol. The lowest BCUT2D eigenvalue weighted by molar-refractivity contribution is 0.0941. The number of rotatable bonds is 7. The summed E-state index contributed by atoms with van der Waals surface area (Å²) in [6.07, 6.45) is 0. The Hall–Kier alpha value is -3.32. The third kappa shape index (κ3) is 5.06. The van der Waals surface area contributed by atoms with Gasteiger partial charge in [0.25, 0.3) is 15.9 Å². The number of aryl methyl sites for hydroxylation is 2. The number of benzene rings is 3. The Morgan fingerprint density at radius 1 is 0.935 bits per heavy atom. The standard InChI is InChI=1S/C24H26N2O4S/c1-16-14-20(30-4)15-17(2)23(16)31(28,29)26-22-13-9-8-12-21(22)24(27)25-18(3)19-10-6-5-7-11-19/h5-15,18,26H,1-4H3,(H,25,27)/t18-/m0/s1. The Kier molecular flexibility index (Phi) is 6.65. The molecular formula is C24H26N2O4S. The summed E-state index contributed by atoms with van der Waals surface area (Å²) in [5.41, 5.74) is 2.54. The van der Waals surface area contributed by atoms with E-state index in [4.69, 9.17) is 4.74 Å². The van der Waals surface area contributed by atoms with Gasteiger partial charge in [0.15, 0.2) is 0 Å². The molecule has 0 radical (unpaired) electrons. The first-order valence-electron chi connectivity index (χ1n) is 9.86. The van der Waals surface area contributed by atoms with E-state index < -0.39 is 10.0 Å². The van der Waals surface area contributed by atoms with Crippen molar-refractivity contribution < 1.29 is 17.9 Å². The molecule has 0 saturated carbocycles. The average molecular weight is 439 g/mol. The van der Waals surface area contributed by atoms with E-state index in [9.17, 15) is 13.2 Å². The lowest BCUT2D eigenvalue weighted by atomic mass is 10.1. The molecule has 3 rings (SSSR count). The van der Waals surface area contributed by atoms with Gasteiger partial charge in [-0.2, -0.15) is 0 Å². The van der Waals surface area contributed by atoms with Crippen LogP contribution < -0.4 is 14.8 Å². The summed E-state index contributed by atoms with van der Waals surface area (Å²) < 4.78 is 34.2. The van der Waals surface area contributed by atoms with E-state index in [1.54, 1.807) is 50.2 Å². The van der Waals surface area contributed by atoms with Crippen LogP contribution in [0.3, 0.4) is 0 Å². The molecule has 1 amide bonds. The van der Waals surface area contributed by atoms with Crippen LogP contribution in [0, 0.1) is 13.8 Å². The third-order valence-corrected chi connectivity index (χ3v) is 6.67. The van der Waals surface area contributed by atoms with Crippen molar-refractivity contribution in [3.8, 4) is 5.75 Å². The number of nitrogens with one attached hydrogen (secondary N) is 2. The Morgan fingerprint density at radius 2 is 1.52 bits per heavy atom. The molecule has 6 nitrogen and oxygen atoms in total. The molecule has 3 aromatic rings. The summed E-state index contributed by atoms with van der Waals surface area (Å²) in [7, 11) is -2.39. The molecule has 7 heteroatoms. The zero-order valence-corrected chi connectivity index (χ0v) is 18.8. The number of para-hydroxylation sites is 1.